The molecule has 0 atom stereocenters. The number of aromatic nitrogens is 2. The number of nitrogens with one attached hydrogen (secondary N) is 2. The maximum Gasteiger partial charge on any atom is 0.175 e. The highest BCUT2D eigenvalue weighted by Crippen LogP contribution is 2.25. The van der Waals surface area contributed by atoms with Gasteiger partial charge in [-0.25, -0.2) is 4.98 Å². The minimum atomic E-state index is 0.557. The fourth-order valence-corrected chi connectivity index (χ4v) is 2.36. The van der Waals surface area contributed by atoms with Gasteiger partial charge in [0.1, 0.15) is 0 Å². The molecule has 2 N–H and O–H groups in total. The number of hydrogen-bond acceptors (Lipinski definition) is 2. The Kier molecular flexibility index (Phi) is 4.19. The van der Waals surface area contributed by atoms with Crippen molar-refractivity contribution in [2.45, 2.75) is 26.3 Å². The van der Waals surface area contributed by atoms with Gasteiger partial charge in [-0.3, -0.25) is 0 Å². The molecule has 3 nitrogen and oxygen atoms in total. The van der Waals surface area contributed by atoms with Crippen molar-refractivity contribution in [2.24, 2.45) is 0 Å². The molecular weight excluding hydrogens is 290 g/mol. The third-order valence-electron chi connectivity index (χ3n) is 2.95. The molecule has 0 saturated heterocycles. The van der Waals surface area contributed by atoms with Crippen molar-refractivity contribution >= 4 is 15.9 Å². The maximum atomic E-state index is 4.50. The Hall–Kier alpha value is -1.13. The predicted octanol–water partition coefficient (Wildman–Crippen LogP) is 3.68. The highest BCUT2D eigenvalue weighted by atomic mass is 79.9. The summed E-state index contributed by atoms with van der Waals surface area (Å²) in [6, 6.07) is 8.62. The summed E-state index contributed by atoms with van der Waals surface area (Å²) >= 11 is 3.39. The summed E-state index contributed by atoms with van der Waals surface area (Å²) in [5.74, 6) is 0.557. The average Bonchev–Trinajstić information content (AvgIpc) is 2.71. The second-order valence-corrected chi connectivity index (χ2v) is 5.41. The number of hydrogen-bond donors (Lipinski definition) is 2. The molecule has 96 valence electrons. The van der Waals surface area contributed by atoms with E-state index in [-0.39, 0.29) is 0 Å². The second kappa shape index (κ2) is 5.67. The first-order chi connectivity index (χ1) is 8.61. The molecule has 0 aliphatic rings. The van der Waals surface area contributed by atoms with E-state index < -0.39 is 0 Å². The van der Waals surface area contributed by atoms with Gasteiger partial charge < -0.3 is 10.3 Å². The largest absolute Gasteiger partial charge is 0.335 e. The van der Waals surface area contributed by atoms with Crippen LogP contribution in [0.15, 0.2) is 29.0 Å². The molecule has 2 rings (SSSR count). The van der Waals surface area contributed by atoms with Crippen LogP contribution in [0.25, 0.3) is 11.3 Å². The molecule has 0 spiro atoms. The number of nitrogens with zero attached hydrogens (tertiary/aromatic N) is 1. The molecule has 0 amide bonds. The van der Waals surface area contributed by atoms with E-state index in [1.807, 2.05) is 7.05 Å². The molecule has 18 heavy (non-hydrogen) atoms. The van der Waals surface area contributed by atoms with E-state index in [0.29, 0.717) is 5.92 Å². The van der Waals surface area contributed by atoms with Crippen LogP contribution in [0, 0.1) is 0 Å². The van der Waals surface area contributed by atoms with Crippen LogP contribution in [-0.4, -0.2) is 17.0 Å². The molecule has 1 aromatic carbocycles. The lowest BCUT2D eigenvalue weighted by Crippen LogP contribution is -2.06. The molecule has 0 unspecified atom stereocenters. The van der Waals surface area contributed by atoms with E-state index in [4.69, 9.17) is 0 Å². The Balaban J connectivity index is 2.35. The summed E-state index contributed by atoms with van der Waals surface area (Å²) in [6.07, 6.45) is 0. The molecule has 2 aromatic rings. The molecule has 0 bridgehead atoms. The zero-order chi connectivity index (χ0) is 13.1. The second-order valence-electron chi connectivity index (χ2n) is 4.66. The number of benzene rings is 1. The quantitative estimate of drug-likeness (QED) is 0.904. The molecule has 0 aliphatic heterocycles. The Morgan fingerprint density at radius 3 is 2.50 bits per heavy atom. The van der Waals surface area contributed by atoms with Crippen LogP contribution in [0.5, 0.6) is 0 Å². The standard InChI is InChI=1S/C14H18BrN3/c1-9(2)10-4-6-11(7-5-10)13-12(8-16-3)17-14(15)18-13/h4-7,9,16H,8H2,1-3H3,(H,17,18). The minimum absolute atomic E-state index is 0.557. The van der Waals surface area contributed by atoms with Gasteiger partial charge in [0.25, 0.3) is 0 Å². The monoisotopic (exact) mass is 307 g/mol. The van der Waals surface area contributed by atoms with E-state index in [2.05, 4.69) is 69.3 Å². The van der Waals surface area contributed by atoms with E-state index in [0.717, 1.165) is 28.2 Å². The van der Waals surface area contributed by atoms with E-state index in [1.54, 1.807) is 0 Å². The van der Waals surface area contributed by atoms with Gasteiger partial charge in [0.15, 0.2) is 4.73 Å². The van der Waals surface area contributed by atoms with E-state index in [1.165, 1.54) is 5.56 Å². The van der Waals surface area contributed by atoms with Crippen LogP contribution in [0.3, 0.4) is 0 Å². The number of H-pyrrole nitrogens is 1. The third kappa shape index (κ3) is 2.82. The molecule has 4 heteroatoms. The van der Waals surface area contributed by atoms with Gasteiger partial charge in [0.2, 0.25) is 0 Å². The van der Waals surface area contributed by atoms with Crippen LogP contribution < -0.4 is 5.32 Å². The lowest BCUT2D eigenvalue weighted by Gasteiger charge is -2.07. The Bertz CT molecular complexity index is 514. The van der Waals surface area contributed by atoms with Gasteiger partial charge >= 0.3 is 0 Å². The van der Waals surface area contributed by atoms with Gasteiger partial charge in [-0.15, -0.1) is 0 Å². The zero-order valence-electron chi connectivity index (χ0n) is 10.9. The van der Waals surface area contributed by atoms with Crippen molar-refractivity contribution in [3.8, 4) is 11.3 Å². The first-order valence-electron chi connectivity index (χ1n) is 6.11. The van der Waals surface area contributed by atoms with Crippen LogP contribution >= 0.6 is 15.9 Å². The normalized spacial score (nSPS) is 11.2. The van der Waals surface area contributed by atoms with Crippen LogP contribution in [0.2, 0.25) is 0 Å². The van der Waals surface area contributed by atoms with Gasteiger partial charge in [0, 0.05) is 12.1 Å². The third-order valence-corrected chi connectivity index (χ3v) is 3.33. The SMILES string of the molecule is CNCc1[nH]c(Br)nc1-c1ccc(C(C)C)cc1. The predicted molar refractivity (Wildman–Crippen MR) is 78.6 cm³/mol. The zero-order valence-corrected chi connectivity index (χ0v) is 12.5. The van der Waals surface area contributed by atoms with Crippen molar-refractivity contribution in [3.63, 3.8) is 0 Å². The fraction of sp³-hybridized carbons (Fsp3) is 0.357. The molecule has 0 radical (unpaired) electrons. The van der Waals surface area contributed by atoms with Gasteiger partial charge in [-0.1, -0.05) is 38.1 Å². The summed E-state index contributed by atoms with van der Waals surface area (Å²) in [4.78, 5) is 7.72. The number of imidazole rings is 1. The number of aromatic amines is 1. The summed E-state index contributed by atoms with van der Waals surface area (Å²) in [5.41, 5.74) is 4.60. The van der Waals surface area contributed by atoms with Gasteiger partial charge in [0.05, 0.1) is 11.4 Å². The smallest absolute Gasteiger partial charge is 0.175 e. The van der Waals surface area contributed by atoms with Crippen LogP contribution in [0.4, 0.5) is 0 Å². The van der Waals surface area contributed by atoms with Crippen LogP contribution in [0.1, 0.15) is 31.0 Å². The summed E-state index contributed by atoms with van der Waals surface area (Å²) in [7, 11) is 1.93. The highest BCUT2D eigenvalue weighted by Gasteiger charge is 2.10. The summed E-state index contributed by atoms with van der Waals surface area (Å²) < 4.78 is 0.774. The molecule has 0 saturated carbocycles. The van der Waals surface area contributed by atoms with Crippen molar-refractivity contribution in [2.75, 3.05) is 7.05 Å². The van der Waals surface area contributed by atoms with Crippen molar-refractivity contribution in [1.29, 1.82) is 0 Å². The minimum Gasteiger partial charge on any atom is -0.335 e. The lowest BCUT2D eigenvalue weighted by atomic mass is 10.0. The lowest BCUT2D eigenvalue weighted by molar-refractivity contribution is 0.797. The van der Waals surface area contributed by atoms with E-state index >= 15 is 0 Å². The molecule has 0 fully saturated rings. The number of halogens is 1. The molecular formula is C14H18BrN3. The van der Waals surface area contributed by atoms with Crippen molar-refractivity contribution in [3.05, 3.63) is 40.3 Å². The Morgan fingerprint density at radius 2 is 1.94 bits per heavy atom. The summed E-state index contributed by atoms with van der Waals surface area (Å²) in [5, 5.41) is 3.15. The topological polar surface area (TPSA) is 40.7 Å². The number of rotatable bonds is 4. The Labute approximate surface area is 116 Å². The van der Waals surface area contributed by atoms with Crippen molar-refractivity contribution < 1.29 is 0 Å². The first-order valence-corrected chi connectivity index (χ1v) is 6.90. The average molecular weight is 308 g/mol. The first kappa shape index (κ1) is 13.3. The van der Waals surface area contributed by atoms with Crippen molar-refractivity contribution in [1.82, 2.24) is 15.3 Å². The molecule has 1 heterocycles. The maximum absolute atomic E-state index is 4.50. The summed E-state index contributed by atoms with van der Waals surface area (Å²) in [6.45, 7) is 5.18. The fourth-order valence-electron chi connectivity index (χ4n) is 1.95. The Morgan fingerprint density at radius 1 is 1.28 bits per heavy atom. The van der Waals surface area contributed by atoms with Gasteiger partial charge in [-0.05, 0) is 34.5 Å². The highest BCUT2D eigenvalue weighted by molar-refractivity contribution is 9.10. The molecule has 0 aliphatic carbocycles. The molecule has 1 aromatic heterocycles. The van der Waals surface area contributed by atoms with E-state index in [9.17, 15) is 0 Å². The van der Waals surface area contributed by atoms with Gasteiger partial charge in [-0.2, -0.15) is 0 Å². The van der Waals surface area contributed by atoms with Crippen LogP contribution in [-0.2, 0) is 6.54 Å².